The zero-order chi connectivity index (χ0) is 14.3. The van der Waals surface area contributed by atoms with Crippen LogP contribution in [-0.4, -0.2) is 23.3 Å². The van der Waals surface area contributed by atoms with Gasteiger partial charge < -0.3 is 10.6 Å². The zero-order valence-electron chi connectivity index (χ0n) is 10.5. The van der Waals surface area contributed by atoms with E-state index in [9.17, 15) is 9.59 Å². The number of benzene rings is 1. The summed E-state index contributed by atoms with van der Waals surface area (Å²) in [5.74, 6) is -1.03. The van der Waals surface area contributed by atoms with Gasteiger partial charge in [0.2, 0.25) is 11.8 Å². The third kappa shape index (κ3) is 2.10. The number of carbonyl (C=O) groups excluding carboxylic acids is 2. The molecule has 2 heterocycles. The first-order valence-electron chi connectivity index (χ1n) is 6.21. The van der Waals surface area contributed by atoms with Crippen molar-refractivity contribution < 1.29 is 9.59 Å². The van der Waals surface area contributed by atoms with Crippen molar-refractivity contribution in [3.63, 3.8) is 0 Å². The maximum atomic E-state index is 12.1. The first kappa shape index (κ1) is 12.9. The molecule has 0 bridgehead atoms. The minimum atomic E-state index is -0.453. The number of hydrogen-bond acceptors (Lipinski definition) is 3. The number of carbonyl (C=O) groups is 2. The molecule has 3 rings (SSSR count). The van der Waals surface area contributed by atoms with E-state index in [1.807, 2.05) is 24.3 Å². The maximum absolute atomic E-state index is 12.1. The van der Waals surface area contributed by atoms with E-state index in [4.69, 9.17) is 17.3 Å². The van der Waals surface area contributed by atoms with Crippen molar-refractivity contribution in [2.45, 2.75) is 6.42 Å². The first-order chi connectivity index (χ1) is 9.56. The van der Waals surface area contributed by atoms with Crippen LogP contribution in [0.3, 0.4) is 0 Å². The molecule has 2 amide bonds. The Hall–Kier alpha value is -2.14. The molecule has 1 aromatic heterocycles. The van der Waals surface area contributed by atoms with E-state index in [2.05, 4.69) is 4.98 Å². The van der Waals surface area contributed by atoms with E-state index in [1.165, 1.54) is 0 Å². The molecule has 1 fully saturated rings. The SMILES string of the molecule is NC(=O)C1CC(=O)N(c2cc(Cl)nc3ccccc23)C1. The molecule has 0 aliphatic carbocycles. The van der Waals surface area contributed by atoms with Gasteiger partial charge in [0.15, 0.2) is 0 Å². The second-order valence-electron chi connectivity index (χ2n) is 4.79. The van der Waals surface area contributed by atoms with Crippen LogP contribution in [0.4, 0.5) is 5.69 Å². The second-order valence-corrected chi connectivity index (χ2v) is 5.18. The molecule has 0 spiro atoms. The summed E-state index contributed by atoms with van der Waals surface area (Å²) >= 11 is 6.01. The molecule has 1 atom stereocenters. The topological polar surface area (TPSA) is 76.3 Å². The fourth-order valence-corrected chi connectivity index (χ4v) is 2.67. The number of amides is 2. The van der Waals surface area contributed by atoms with E-state index >= 15 is 0 Å². The van der Waals surface area contributed by atoms with Crippen molar-refractivity contribution in [1.82, 2.24) is 4.98 Å². The van der Waals surface area contributed by atoms with Crippen LogP contribution in [0.5, 0.6) is 0 Å². The van der Waals surface area contributed by atoms with E-state index in [0.717, 1.165) is 5.39 Å². The minimum absolute atomic E-state index is 0.124. The lowest BCUT2D eigenvalue weighted by molar-refractivity contribution is -0.123. The largest absolute Gasteiger partial charge is 0.369 e. The van der Waals surface area contributed by atoms with Crippen LogP contribution >= 0.6 is 11.6 Å². The van der Waals surface area contributed by atoms with E-state index in [1.54, 1.807) is 11.0 Å². The highest BCUT2D eigenvalue weighted by molar-refractivity contribution is 6.30. The van der Waals surface area contributed by atoms with Crippen molar-refractivity contribution in [3.8, 4) is 0 Å². The van der Waals surface area contributed by atoms with Crippen LogP contribution in [-0.2, 0) is 9.59 Å². The molecular formula is C14H12ClN3O2. The monoisotopic (exact) mass is 289 g/mol. The number of halogens is 1. The number of primary amides is 1. The normalized spacial score (nSPS) is 18.8. The minimum Gasteiger partial charge on any atom is -0.369 e. The summed E-state index contributed by atoms with van der Waals surface area (Å²) in [6.07, 6.45) is 0.142. The lowest BCUT2D eigenvalue weighted by Gasteiger charge is -2.18. The third-order valence-electron chi connectivity index (χ3n) is 3.48. The average molecular weight is 290 g/mol. The second kappa shape index (κ2) is 4.76. The van der Waals surface area contributed by atoms with Crippen LogP contribution in [0.25, 0.3) is 10.9 Å². The van der Waals surface area contributed by atoms with Gasteiger partial charge in [-0.1, -0.05) is 29.8 Å². The highest BCUT2D eigenvalue weighted by atomic mass is 35.5. The standard InChI is InChI=1S/C14H12ClN3O2/c15-12-6-11(9-3-1-2-4-10(9)17-12)18-7-8(14(16)20)5-13(18)19/h1-4,6,8H,5,7H2,(H2,16,20). The lowest BCUT2D eigenvalue weighted by atomic mass is 10.1. The van der Waals surface area contributed by atoms with Gasteiger partial charge in [-0.05, 0) is 12.1 Å². The number of para-hydroxylation sites is 1. The smallest absolute Gasteiger partial charge is 0.227 e. The molecule has 2 aromatic rings. The Morgan fingerprint density at radius 2 is 2.15 bits per heavy atom. The molecule has 2 N–H and O–H groups in total. The molecule has 20 heavy (non-hydrogen) atoms. The summed E-state index contributed by atoms with van der Waals surface area (Å²) < 4.78 is 0. The van der Waals surface area contributed by atoms with E-state index in [0.29, 0.717) is 22.9 Å². The summed E-state index contributed by atoms with van der Waals surface area (Å²) in [5.41, 5.74) is 6.68. The van der Waals surface area contributed by atoms with Crippen LogP contribution < -0.4 is 10.6 Å². The molecular weight excluding hydrogens is 278 g/mol. The Morgan fingerprint density at radius 3 is 2.85 bits per heavy atom. The maximum Gasteiger partial charge on any atom is 0.227 e. The van der Waals surface area contributed by atoms with Gasteiger partial charge in [0.25, 0.3) is 0 Å². The molecule has 1 aliphatic rings. The number of rotatable bonds is 2. The van der Waals surface area contributed by atoms with Gasteiger partial charge in [-0.15, -0.1) is 0 Å². The molecule has 0 saturated carbocycles. The van der Waals surface area contributed by atoms with Crippen LogP contribution in [0.2, 0.25) is 5.15 Å². The van der Waals surface area contributed by atoms with Crippen molar-refractivity contribution in [2.75, 3.05) is 11.4 Å². The van der Waals surface area contributed by atoms with Gasteiger partial charge in [0.05, 0.1) is 17.1 Å². The number of aromatic nitrogens is 1. The fourth-order valence-electron chi connectivity index (χ4n) is 2.48. The molecule has 1 aliphatic heterocycles. The molecule has 1 unspecified atom stereocenters. The van der Waals surface area contributed by atoms with Crippen LogP contribution in [0.1, 0.15) is 6.42 Å². The Labute approximate surface area is 120 Å². The van der Waals surface area contributed by atoms with Gasteiger partial charge >= 0.3 is 0 Å². The quantitative estimate of drug-likeness (QED) is 0.855. The van der Waals surface area contributed by atoms with E-state index < -0.39 is 11.8 Å². The molecule has 6 heteroatoms. The van der Waals surface area contributed by atoms with Gasteiger partial charge in [-0.2, -0.15) is 0 Å². The number of anilines is 1. The lowest BCUT2D eigenvalue weighted by Crippen LogP contribution is -2.28. The van der Waals surface area contributed by atoms with Crippen molar-refractivity contribution in [2.24, 2.45) is 11.7 Å². The molecule has 1 saturated heterocycles. The Bertz CT molecular complexity index is 717. The Balaban J connectivity index is 2.10. The molecule has 1 aromatic carbocycles. The molecule has 5 nitrogen and oxygen atoms in total. The number of fused-ring (bicyclic) bond motifs is 1. The number of hydrogen-bond donors (Lipinski definition) is 1. The van der Waals surface area contributed by atoms with Gasteiger partial charge in [0.1, 0.15) is 5.15 Å². The third-order valence-corrected chi connectivity index (χ3v) is 3.67. The van der Waals surface area contributed by atoms with E-state index in [-0.39, 0.29) is 12.3 Å². The Morgan fingerprint density at radius 1 is 1.40 bits per heavy atom. The van der Waals surface area contributed by atoms with Crippen LogP contribution in [0, 0.1) is 5.92 Å². The average Bonchev–Trinajstić information content (AvgIpc) is 2.80. The van der Waals surface area contributed by atoms with Crippen molar-refractivity contribution in [1.29, 1.82) is 0 Å². The zero-order valence-corrected chi connectivity index (χ0v) is 11.3. The van der Waals surface area contributed by atoms with Gasteiger partial charge in [-0.3, -0.25) is 9.59 Å². The summed E-state index contributed by atoms with van der Waals surface area (Å²) in [4.78, 5) is 29.1. The van der Waals surface area contributed by atoms with Gasteiger partial charge in [0, 0.05) is 18.4 Å². The summed E-state index contributed by atoms with van der Waals surface area (Å²) in [7, 11) is 0. The number of nitrogens with two attached hydrogens (primary N) is 1. The molecule has 0 radical (unpaired) electrons. The molecule has 102 valence electrons. The van der Waals surface area contributed by atoms with Crippen molar-refractivity contribution in [3.05, 3.63) is 35.5 Å². The predicted molar refractivity (Wildman–Crippen MR) is 76.4 cm³/mol. The number of pyridine rings is 1. The Kier molecular flexibility index (Phi) is 3.06. The van der Waals surface area contributed by atoms with Gasteiger partial charge in [-0.25, -0.2) is 4.98 Å². The highest BCUT2D eigenvalue weighted by Crippen LogP contribution is 2.32. The highest BCUT2D eigenvalue weighted by Gasteiger charge is 2.34. The summed E-state index contributed by atoms with van der Waals surface area (Å²) in [6.45, 7) is 0.290. The summed E-state index contributed by atoms with van der Waals surface area (Å²) in [5, 5.41) is 1.14. The van der Waals surface area contributed by atoms with Crippen LogP contribution in [0.15, 0.2) is 30.3 Å². The number of nitrogens with zero attached hydrogens (tertiary/aromatic N) is 2. The summed E-state index contributed by atoms with van der Waals surface area (Å²) in [6, 6.07) is 9.07. The fraction of sp³-hybridized carbons (Fsp3) is 0.214. The van der Waals surface area contributed by atoms with Crippen molar-refractivity contribution >= 4 is 40.0 Å². The first-order valence-corrected chi connectivity index (χ1v) is 6.59. The predicted octanol–water partition coefficient (Wildman–Crippen LogP) is 1.73.